The van der Waals surface area contributed by atoms with Crippen LogP contribution >= 0.6 is 23.5 Å². The van der Waals surface area contributed by atoms with E-state index in [4.69, 9.17) is 0 Å². The van der Waals surface area contributed by atoms with Crippen LogP contribution in [0.25, 0.3) is 0 Å². The number of hydrogen-bond acceptors (Lipinski definition) is 2. The van der Waals surface area contributed by atoms with Crippen LogP contribution in [0.2, 0.25) is 0 Å². The van der Waals surface area contributed by atoms with Gasteiger partial charge in [-0.1, -0.05) is 31.9 Å². The predicted octanol–water partition coefficient (Wildman–Crippen LogP) is 4.32. The van der Waals surface area contributed by atoms with Crippen LogP contribution in [0.5, 0.6) is 0 Å². The van der Waals surface area contributed by atoms with Crippen LogP contribution in [-0.2, 0) is 0 Å². The summed E-state index contributed by atoms with van der Waals surface area (Å²) in [6, 6.07) is 0. The Bertz CT molecular complexity index is 137. The first-order chi connectivity index (χ1) is 6.43. The summed E-state index contributed by atoms with van der Waals surface area (Å²) < 4.78 is 0.853. The van der Waals surface area contributed by atoms with E-state index in [1.54, 1.807) is 0 Å². The molecule has 0 nitrogen and oxygen atoms in total. The molecular formula is C11H20S2. The minimum Gasteiger partial charge on any atom is -0.147 e. The van der Waals surface area contributed by atoms with Crippen molar-refractivity contribution >= 4 is 23.5 Å². The van der Waals surface area contributed by atoms with Crippen molar-refractivity contribution in [3.63, 3.8) is 0 Å². The summed E-state index contributed by atoms with van der Waals surface area (Å²) in [5.74, 6) is 2.75. The van der Waals surface area contributed by atoms with E-state index in [0.717, 1.165) is 4.58 Å². The predicted molar refractivity (Wildman–Crippen MR) is 66.6 cm³/mol. The van der Waals surface area contributed by atoms with E-state index in [9.17, 15) is 0 Å². The van der Waals surface area contributed by atoms with E-state index >= 15 is 0 Å². The van der Waals surface area contributed by atoms with Crippen LogP contribution in [-0.4, -0.2) is 16.1 Å². The second-order valence-electron chi connectivity index (χ2n) is 3.37. The summed E-state index contributed by atoms with van der Waals surface area (Å²) in [6.07, 6.45) is 11.4. The minimum absolute atomic E-state index is 0.853. The van der Waals surface area contributed by atoms with Crippen molar-refractivity contribution in [1.29, 1.82) is 0 Å². The molecule has 13 heavy (non-hydrogen) atoms. The van der Waals surface area contributed by atoms with E-state index in [1.807, 2.05) is 0 Å². The third-order valence-corrected chi connectivity index (χ3v) is 5.11. The summed E-state index contributed by atoms with van der Waals surface area (Å²) in [4.78, 5) is 0. The molecule has 1 aliphatic heterocycles. The first kappa shape index (κ1) is 11.5. The average molecular weight is 216 g/mol. The largest absolute Gasteiger partial charge is 0.147 e. The molecule has 0 N–H and O–H groups in total. The van der Waals surface area contributed by atoms with Gasteiger partial charge in [-0.3, -0.25) is 0 Å². The van der Waals surface area contributed by atoms with Crippen molar-refractivity contribution in [2.45, 2.75) is 43.6 Å². The maximum atomic E-state index is 2.38. The topological polar surface area (TPSA) is 0 Å². The van der Waals surface area contributed by atoms with Gasteiger partial charge in [0.15, 0.2) is 0 Å². The summed E-state index contributed by atoms with van der Waals surface area (Å²) in [5.41, 5.74) is 0. The molecule has 0 saturated carbocycles. The smallest absolute Gasteiger partial charge is 0.0536 e. The van der Waals surface area contributed by atoms with Crippen molar-refractivity contribution < 1.29 is 0 Å². The number of rotatable bonds is 5. The van der Waals surface area contributed by atoms with E-state index in [2.05, 4.69) is 42.6 Å². The number of hydrogen-bond donors (Lipinski definition) is 0. The Balaban J connectivity index is 2.00. The van der Waals surface area contributed by atoms with Gasteiger partial charge >= 0.3 is 0 Å². The van der Waals surface area contributed by atoms with Gasteiger partial charge in [-0.15, -0.1) is 23.5 Å². The molecule has 0 atom stereocenters. The van der Waals surface area contributed by atoms with Gasteiger partial charge in [-0.2, -0.15) is 0 Å². The lowest BCUT2D eigenvalue weighted by atomic mass is 10.2. The zero-order valence-corrected chi connectivity index (χ0v) is 10.1. The van der Waals surface area contributed by atoms with Gasteiger partial charge in [0, 0.05) is 0 Å². The molecule has 0 bridgehead atoms. The fraction of sp³-hybridized carbons (Fsp3) is 0.818. The quantitative estimate of drug-likeness (QED) is 0.496. The SMILES string of the molecule is CCCC/C=C/CC1SCCCS1. The second-order valence-corrected chi connectivity index (χ2v) is 6.29. The Morgan fingerprint density at radius 3 is 2.69 bits per heavy atom. The molecule has 1 fully saturated rings. The Morgan fingerprint density at radius 1 is 1.23 bits per heavy atom. The molecular weight excluding hydrogens is 196 g/mol. The molecule has 0 unspecified atom stereocenters. The molecule has 0 aromatic rings. The van der Waals surface area contributed by atoms with Crippen LogP contribution in [0.1, 0.15) is 39.0 Å². The van der Waals surface area contributed by atoms with Crippen molar-refractivity contribution in [2.24, 2.45) is 0 Å². The lowest BCUT2D eigenvalue weighted by Gasteiger charge is -2.18. The van der Waals surface area contributed by atoms with Crippen LogP contribution in [0, 0.1) is 0 Å². The van der Waals surface area contributed by atoms with Crippen LogP contribution < -0.4 is 0 Å². The Kier molecular flexibility index (Phi) is 6.92. The maximum Gasteiger partial charge on any atom is 0.0536 e. The maximum absolute atomic E-state index is 2.38. The van der Waals surface area contributed by atoms with Crippen molar-refractivity contribution in [1.82, 2.24) is 0 Å². The van der Waals surface area contributed by atoms with Crippen molar-refractivity contribution in [3.8, 4) is 0 Å². The molecule has 0 amide bonds. The standard InChI is InChI=1S/C11H20S2/c1-2-3-4-5-6-8-11-12-9-7-10-13-11/h5-6,11H,2-4,7-10H2,1H3/b6-5+. The minimum atomic E-state index is 0.853. The highest BCUT2D eigenvalue weighted by molar-refractivity contribution is 8.17. The molecule has 1 saturated heterocycles. The van der Waals surface area contributed by atoms with Gasteiger partial charge in [-0.25, -0.2) is 0 Å². The molecule has 1 heterocycles. The van der Waals surface area contributed by atoms with Gasteiger partial charge in [0.05, 0.1) is 4.58 Å². The highest BCUT2D eigenvalue weighted by Crippen LogP contribution is 2.32. The van der Waals surface area contributed by atoms with Crippen LogP contribution in [0.3, 0.4) is 0 Å². The zero-order valence-electron chi connectivity index (χ0n) is 8.50. The summed E-state index contributed by atoms with van der Waals surface area (Å²) >= 11 is 4.28. The molecule has 0 aliphatic carbocycles. The normalized spacial score (nSPS) is 19.8. The van der Waals surface area contributed by atoms with E-state index < -0.39 is 0 Å². The number of thioether (sulfide) groups is 2. The molecule has 1 aliphatic rings. The van der Waals surface area contributed by atoms with Crippen molar-refractivity contribution in [3.05, 3.63) is 12.2 Å². The molecule has 76 valence electrons. The fourth-order valence-corrected chi connectivity index (χ4v) is 4.11. The van der Waals surface area contributed by atoms with Gasteiger partial charge in [0.25, 0.3) is 0 Å². The van der Waals surface area contributed by atoms with E-state index in [0.29, 0.717) is 0 Å². The molecule has 0 aromatic carbocycles. The monoisotopic (exact) mass is 216 g/mol. The number of unbranched alkanes of at least 4 members (excludes halogenated alkanes) is 2. The van der Waals surface area contributed by atoms with Crippen LogP contribution in [0.4, 0.5) is 0 Å². The average Bonchev–Trinajstić information content (AvgIpc) is 2.19. The highest BCUT2D eigenvalue weighted by atomic mass is 32.2. The van der Waals surface area contributed by atoms with Gasteiger partial charge in [0.1, 0.15) is 0 Å². The Labute approximate surface area is 90.9 Å². The summed E-state index contributed by atoms with van der Waals surface area (Å²) in [6.45, 7) is 2.25. The molecule has 1 rings (SSSR count). The van der Waals surface area contributed by atoms with Crippen molar-refractivity contribution in [2.75, 3.05) is 11.5 Å². The lowest BCUT2D eigenvalue weighted by Crippen LogP contribution is -2.04. The first-order valence-electron chi connectivity index (χ1n) is 5.31. The molecule has 0 radical (unpaired) electrons. The van der Waals surface area contributed by atoms with E-state index in [1.165, 1.54) is 43.6 Å². The van der Waals surface area contributed by atoms with Gasteiger partial charge < -0.3 is 0 Å². The van der Waals surface area contributed by atoms with Gasteiger partial charge in [0.2, 0.25) is 0 Å². The second kappa shape index (κ2) is 7.81. The Hall–Kier alpha value is 0.440. The first-order valence-corrected chi connectivity index (χ1v) is 7.41. The zero-order chi connectivity index (χ0) is 9.36. The third kappa shape index (κ3) is 5.69. The molecule has 2 heteroatoms. The van der Waals surface area contributed by atoms with Gasteiger partial charge in [-0.05, 0) is 30.8 Å². The van der Waals surface area contributed by atoms with E-state index in [-0.39, 0.29) is 0 Å². The fourth-order valence-electron chi connectivity index (χ4n) is 1.32. The lowest BCUT2D eigenvalue weighted by molar-refractivity contribution is 0.812. The summed E-state index contributed by atoms with van der Waals surface area (Å²) in [7, 11) is 0. The number of allylic oxidation sites excluding steroid dienone is 2. The Morgan fingerprint density at radius 2 is 2.00 bits per heavy atom. The highest BCUT2D eigenvalue weighted by Gasteiger charge is 2.11. The third-order valence-electron chi connectivity index (χ3n) is 2.12. The molecule has 0 spiro atoms. The molecule has 0 aromatic heterocycles. The summed E-state index contributed by atoms with van der Waals surface area (Å²) in [5, 5.41) is 0. The van der Waals surface area contributed by atoms with Crippen LogP contribution in [0.15, 0.2) is 12.2 Å².